The van der Waals surface area contributed by atoms with Crippen LogP contribution in [0.5, 0.6) is 0 Å². The van der Waals surface area contributed by atoms with Crippen LogP contribution in [0.2, 0.25) is 0 Å². The topological polar surface area (TPSA) is 67.9 Å². The van der Waals surface area contributed by atoms with Crippen LogP contribution >= 0.6 is 27.3 Å². The number of nitrogens with zero attached hydrogens (tertiary/aromatic N) is 2. The van der Waals surface area contributed by atoms with Crippen LogP contribution in [0.25, 0.3) is 0 Å². The third-order valence-corrected chi connectivity index (χ3v) is 4.20. The molecule has 1 aromatic heterocycles. The first kappa shape index (κ1) is 12.5. The number of aliphatic imine (C=N–C) groups is 1. The van der Waals surface area contributed by atoms with Crippen molar-refractivity contribution in [3.8, 4) is 0 Å². The smallest absolute Gasteiger partial charge is 0.346 e. The van der Waals surface area contributed by atoms with Gasteiger partial charge in [0.2, 0.25) is 0 Å². The maximum atomic E-state index is 11.7. The highest BCUT2D eigenvalue weighted by Gasteiger charge is 2.35. The van der Waals surface area contributed by atoms with E-state index in [1.54, 1.807) is 23.3 Å². The summed E-state index contributed by atoms with van der Waals surface area (Å²) in [5, 5.41) is 1.96. The molecular weight excluding hydrogens is 306 g/mol. The Morgan fingerprint density at radius 3 is 3.06 bits per heavy atom. The number of halogens is 1. The number of carbonyl (C=O) groups excluding carboxylic acids is 1. The molecule has 7 heteroatoms. The van der Waals surface area contributed by atoms with Gasteiger partial charge in [-0.25, -0.2) is 4.79 Å². The van der Waals surface area contributed by atoms with Crippen molar-refractivity contribution >= 4 is 39.1 Å². The highest BCUT2D eigenvalue weighted by molar-refractivity contribution is 9.10. The number of thiophene rings is 1. The fourth-order valence-corrected chi connectivity index (χ4v) is 3.26. The zero-order valence-electron chi connectivity index (χ0n) is 9.22. The van der Waals surface area contributed by atoms with E-state index in [0.29, 0.717) is 19.0 Å². The number of rotatable bonds is 4. The predicted octanol–water partition coefficient (Wildman–Crippen LogP) is 1.99. The summed E-state index contributed by atoms with van der Waals surface area (Å²) in [6.07, 6.45) is 0. The second-order valence-corrected chi connectivity index (χ2v) is 5.43. The number of carbonyl (C=O) groups is 1. The quantitative estimate of drug-likeness (QED) is 0.923. The van der Waals surface area contributed by atoms with Gasteiger partial charge >= 0.3 is 6.03 Å². The van der Waals surface area contributed by atoms with E-state index in [1.807, 2.05) is 11.4 Å². The summed E-state index contributed by atoms with van der Waals surface area (Å²) in [7, 11) is 1.60. The van der Waals surface area contributed by atoms with Gasteiger partial charge in [0.05, 0.1) is 6.61 Å². The highest BCUT2D eigenvalue weighted by atomic mass is 79.9. The summed E-state index contributed by atoms with van der Waals surface area (Å²) in [5.41, 5.74) is 5.81. The van der Waals surface area contributed by atoms with Crippen molar-refractivity contribution in [2.75, 3.05) is 20.3 Å². The van der Waals surface area contributed by atoms with Crippen LogP contribution < -0.4 is 5.73 Å². The van der Waals surface area contributed by atoms with E-state index in [0.717, 1.165) is 9.35 Å². The monoisotopic (exact) mass is 317 g/mol. The lowest BCUT2D eigenvalue weighted by Gasteiger charge is -2.22. The molecule has 92 valence electrons. The minimum atomic E-state index is -0.297. The van der Waals surface area contributed by atoms with Gasteiger partial charge in [0.15, 0.2) is 0 Å². The van der Waals surface area contributed by atoms with Crippen LogP contribution in [0, 0.1) is 0 Å². The second-order valence-electron chi connectivity index (χ2n) is 3.58. The molecule has 1 aliphatic heterocycles. The zero-order valence-corrected chi connectivity index (χ0v) is 11.6. The van der Waals surface area contributed by atoms with E-state index >= 15 is 0 Å². The Labute approximate surface area is 111 Å². The SMILES string of the molecule is COCCN1C(=O)N=C(N)C1c1cc(Br)cs1. The molecule has 1 atom stereocenters. The van der Waals surface area contributed by atoms with Gasteiger partial charge in [-0.2, -0.15) is 4.99 Å². The first-order chi connectivity index (χ1) is 8.13. The lowest BCUT2D eigenvalue weighted by Crippen LogP contribution is -2.35. The molecule has 0 spiro atoms. The van der Waals surface area contributed by atoms with Crippen LogP contribution in [0.15, 0.2) is 20.9 Å². The molecule has 0 aliphatic carbocycles. The maximum Gasteiger partial charge on any atom is 0.346 e. The van der Waals surface area contributed by atoms with Crippen molar-refractivity contribution < 1.29 is 9.53 Å². The van der Waals surface area contributed by atoms with Gasteiger partial charge in [-0.3, -0.25) is 0 Å². The maximum absolute atomic E-state index is 11.7. The van der Waals surface area contributed by atoms with Crippen LogP contribution in [0.1, 0.15) is 10.9 Å². The lowest BCUT2D eigenvalue weighted by molar-refractivity contribution is 0.151. The molecule has 0 bridgehead atoms. The molecule has 2 N–H and O–H groups in total. The zero-order chi connectivity index (χ0) is 12.4. The molecule has 17 heavy (non-hydrogen) atoms. The number of ether oxygens (including phenoxy) is 1. The van der Waals surface area contributed by atoms with E-state index in [9.17, 15) is 4.79 Å². The number of methoxy groups -OCH3 is 1. The Morgan fingerprint density at radius 1 is 1.71 bits per heavy atom. The van der Waals surface area contributed by atoms with E-state index in [1.165, 1.54) is 0 Å². The van der Waals surface area contributed by atoms with Gasteiger partial charge in [0.1, 0.15) is 11.9 Å². The molecule has 1 unspecified atom stereocenters. The Kier molecular flexibility index (Phi) is 3.80. The number of amidine groups is 1. The molecule has 0 radical (unpaired) electrons. The minimum absolute atomic E-state index is 0.256. The molecule has 0 saturated heterocycles. The van der Waals surface area contributed by atoms with Crippen LogP contribution in [-0.2, 0) is 4.74 Å². The van der Waals surface area contributed by atoms with Crippen molar-refractivity contribution in [2.45, 2.75) is 6.04 Å². The third-order valence-electron chi connectivity index (χ3n) is 2.46. The number of nitrogens with two attached hydrogens (primary N) is 1. The summed E-state index contributed by atoms with van der Waals surface area (Å²) >= 11 is 4.94. The molecule has 1 aliphatic rings. The minimum Gasteiger partial charge on any atom is -0.385 e. The van der Waals surface area contributed by atoms with Crippen molar-refractivity contribution in [2.24, 2.45) is 10.7 Å². The average molecular weight is 318 g/mol. The number of hydrogen-bond donors (Lipinski definition) is 1. The molecule has 0 fully saturated rings. The van der Waals surface area contributed by atoms with Crippen molar-refractivity contribution in [1.29, 1.82) is 0 Å². The predicted molar refractivity (Wildman–Crippen MR) is 70.4 cm³/mol. The number of amides is 2. The van der Waals surface area contributed by atoms with E-state index in [2.05, 4.69) is 20.9 Å². The average Bonchev–Trinajstić information content (AvgIpc) is 2.80. The fourth-order valence-electron chi connectivity index (χ4n) is 1.69. The molecular formula is C10H12BrN3O2S. The summed E-state index contributed by atoms with van der Waals surface area (Å²) in [6.45, 7) is 0.956. The second kappa shape index (κ2) is 5.16. The Balaban J connectivity index is 2.23. The van der Waals surface area contributed by atoms with Crippen LogP contribution in [-0.4, -0.2) is 37.0 Å². The normalized spacial score (nSPS) is 19.9. The first-order valence-electron chi connectivity index (χ1n) is 5.01. The summed E-state index contributed by atoms with van der Waals surface area (Å²) in [5.74, 6) is 0.348. The summed E-state index contributed by atoms with van der Waals surface area (Å²) < 4.78 is 5.97. The van der Waals surface area contributed by atoms with Crippen molar-refractivity contribution in [3.05, 3.63) is 20.8 Å². The van der Waals surface area contributed by atoms with Crippen LogP contribution in [0.4, 0.5) is 4.79 Å². The molecule has 1 aromatic rings. The van der Waals surface area contributed by atoms with Gasteiger partial charge in [0.25, 0.3) is 0 Å². The van der Waals surface area contributed by atoms with E-state index in [-0.39, 0.29) is 12.1 Å². The molecule has 0 aromatic carbocycles. The molecule has 2 rings (SSSR count). The lowest BCUT2D eigenvalue weighted by atomic mass is 10.2. The highest BCUT2D eigenvalue weighted by Crippen LogP contribution is 2.32. The molecule has 2 heterocycles. The Morgan fingerprint density at radius 2 is 2.47 bits per heavy atom. The van der Waals surface area contributed by atoms with Crippen LogP contribution in [0.3, 0.4) is 0 Å². The third kappa shape index (κ3) is 2.51. The fraction of sp³-hybridized carbons (Fsp3) is 0.400. The number of urea groups is 1. The van der Waals surface area contributed by atoms with Gasteiger partial charge < -0.3 is 15.4 Å². The Hall–Kier alpha value is -0.920. The van der Waals surface area contributed by atoms with E-state index in [4.69, 9.17) is 10.5 Å². The molecule has 5 nitrogen and oxygen atoms in total. The van der Waals surface area contributed by atoms with Gasteiger partial charge in [-0.1, -0.05) is 0 Å². The van der Waals surface area contributed by atoms with Gasteiger partial charge in [-0.15, -0.1) is 11.3 Å². The largest absolute Gasteiger partial charge is 0.385 e. The van der Waals surface area contributed by atoms with E-state index < -0.39 is 0 Å². The Bertz CT molecular complexity index is 460. The molecule has 0 saturated carbocycles. The number of hydrogen-bond acceptors (Lipinski definition) is 4. The van der Waals surface area contributed by atoms with Crippen molar-refractivity contribution in [1.82, 2.24) is 4.90 Å². The summed E-state index contributed by atoms with van der Waals surface area (Å²) in [4.78, 5) is 18.1. The standard InChI is InChI=1S/C10H12BrN3O2S/c1-16-3-2-14-8(9(12)13-10(14)15)7-4-6(11)5-17-7/h4-5,8H,2-3H2,1H3,(H2,12,13,15). The van der Waals surface area contributed by atoms with Gasteiger partial charge in [-0.05, 0) is 22.0 Å². The molecule has 2 amide bonds. The summed E-state index contributed by atoms with van der Waals surface area (Å²) in [6, 6.07) is 1.40. The first-order valence-corrected chi connectivity index (χ1v) is 6.68. The van der Waals surface area contributed by atoms with Gasteiger partial charge in [0, 0.05) is 28.4 Å². The van der Waals surface area contributed by atoms with Crippen molar-refractivity contribution in [3.63, 3.8) is 0 Å².